The van der Waals surface area contributed by atoms with E-state index in [1.807, 2.05) is 12.1 Å². The van der Waals surface area contributed by atoms with Gasteiger partial charge in [0.15, 0.2) is 0 Å². The molecule has 1 N–H and O–H groups in total. The Labute approximate surface area is 89.4 Å². The molecule has 0 aromatic heterocycles. The Morgan fingerprint density at radius 2 is 2.00 bits per heavy atom. The average molecular weight is 212 g/mol. The fourth-order valence-electron chi connectivity index (χ4n) is 1.49. The number of rotatable bonds is 5. The van der Waals surface area contributed by atoms with Gasteiger partial charge in [-0.1, -0.05) is 32.4 Å². The van der Waals surface area contributed by atoms with Crippen LogP contribution >= 0.6 is 12.0 Å². The van der Waals surface area contributed by atoms with Crippen LogP contribution in [-0.2, 0) is 4.33 Å². The smallest absolute Gasteiger partial charge is 0.0679 e. The predicted octanol–water partition coefficient (Wildman–Crippen LogP) is 4.09. The zero-order chi connectivity index (χ0) is 10.4. The van der Waals surface area contributed by atoms with Gasteiger partial charge in [0.1, 0.15) is 0 Å². The molecule has 14 heavy (non-hydrogen) atoms. The zero-order valence-corrected chi connectivity index (χ0v) is 9.38. The van der Waals surface area contributed by atoms with Gasteiger partial charge < -0.3 is 0 Å². The van der Waals surface area contributed by atoms with Crippen LogP contribution in [0.1, 0.15) is 38.2 Å². The van der Waals surface area contributed by atoms with Crippen LogP contribution in [0.2, 0.25) is 0 Å². The highest BCUT2D eigenvalue weighted by atomic mass is 32.2. The lowest BCUT2D eigenvalue weighted by Gasteiger charge is -2.10. The van der Waals surface area contributed by atoms with Gasteiger partial charge in [0.2, 0.25) is 0 Å². The summed E-state index contributed by atoms with van der Waals surface area (Å²) < 4.78 is 3.99. The van der Waals surface area contributed by atoms with Crippen LogP contribution in [0.3, 0.4) is 0 Å². The maximum atomic E-state index is 8.25. The summed E-state index contributed by atoms with van der Waals surface area (Å²) in [5, 5.41) is 8.25. The first kappa shape index (κ1) is 11.6. The van der Waals surface area contributed by atoms with E-state index in [-0.39, 0.29) is 0 Å². The first-order valence-electron chi connectivity index (χ1n) is 4.86. The Bertz CT molecular complexity index is 258. The van der Waals surface area contributed by atoms with E-state index in [0.29, 0.717) is 5.92 Å². The fraction of sp³-hybridized carbons (Fsp3) is 0.455. The SMILES string of the molecule is CCC[C@H](C)c1ccc(SOO)cc1. The van der Waals surface area contributed by atoms with Crippen molar-refractivity contribution in [2.24, 2.45) is 0 Å². The molecule has 0 heterocycles. The van der Waals surface area contributed by atoms with Crippen molar-refractivity contribution in [1.29, 1.82) is 0 Å². The largest absolute Gasteiger partial charge is 0.239 e. The molecule has 0 aliphatic heterocycles. The summed E-state index contributed by atoms with van der Waals surface area (Å²) in [4.78, 5) is 0.917. The molecule has 1 aromatic carbocycles. The zero-order valence-electron chi connectivity index (χ0n) is 8.56. The molecule has 0 saturated carbocycles. The number of hydrogen-bond donors (Lipinski definition) is 1. The van der Waals surface area contributed by atoms with E-state index in [2.05, 4.69) is 30.3 Å². The van der Waals surface area contributed by atoms with Crippen LogP contribution in [0.5, 0.6) is 0 Å². The molecule has 0 saturated heterocycles. The Morgan fingerprint density at radius 1 is 1.36 bits per heavy atom. The molecule has 0 unspecified atom stereocenters. The minimum atomic E-state index is 0.606. The van der Waals surface area contributed by atoms with Gasteiger partial charge in [-0.05, 0) is 30.0 Å². The molecule has 78 valence electrons. The highest BCUT2D eigenvalue weighted by molar-refractivity contribution is 7.94. The summed E-state index contributed by atoms with van der Waals surface area (Å²) in [6.45, 7) is 4.43. The van der Waals surface area contributed by atoms with E-state index in [1.165, 1.54) is 18.4 Å². The van der Waals surface area contributed by atoms with Crippen molar-refractivity contribution < 1.29 is 9.59 Å². The third-order valence-corrected chi connectivity index (χ3v) is 2.84. The second-order valence-electron chi connectivity index (χ2n) is 3.42. The minimum Gasteiger partial charge on any atom is -0.239 e. The second-order valence-corrected chi connectivity index (χ2v) is 4.20. The van der Waals surface area contributed by atoms with E-state index < -0.39 is 0 Å². The van der Waals surface area contributed by atoms with Crippen molar-refractivity contribution in [1.82, 2.24) is 0 Å². The summed E-state index contributed by atoms with van der Waals surface area (Å²) in [7, 11) is 0. The maximum Gasteiger partial charge on any atom is 0.0679 e. The topological polar surface area (TPSA) is 29.5 Å². The predicted molar refractivity (Wildman–Crippen MR) is 59.3 cm³/mol. The summed E-state index contributed by atoms with van der Waals surface area (Å²) >= 11 is 0.965. The van der Waals surface area contributed by atoms with Gasteiger partial charge >= 0.3 is 0 Å². The first-order chi connectivity index (χ1) is 6.77. The Kier molecular flexibility index (Phi) is 5.01. The van der Waals surface area contributed by atoms with E-state index in [4.69, 9.17) is 5.26 Å². The molecule has 0 radical (unpaired) electrons. The Balaban J connectivity index is 2.62. The van der Waals surface area contributed by atoms with Gasteiger partial charge in [-0.2, -0.15) is 4.33 Å². The molecular weight excluding hydrogens is 196 g/mol. The van der Waals surface area contributed by atoms with Crippen LogP contribution in [0.25, 0.3) is 0 Å². The molecule has 1 aromatic rings. The van der Waals surface area contributed by atoms with Gasteiger partial charge in [-0.3, -0.25) is 0 Å². The maximum absolute atomic E-state index is 8.25. The third-order valence-electron chi connectivity index (χ3n) is 2.30. The van der Waals surface area contributed by atoms with E-state index >= 15 is 0 Å². The standard InChI is InChI=1S/C11H16O2S/c1-3-4-9(2)10-5-7-11(8-6-10)14-13-12/h5-9,12H,3-4H2,1-2H3/t9-/m0/s1. The van der Waals surface area contributed by atoms with Crippen LogP contribution < -0.4 is 0 Å². The Hall–Kier alpha value is -0.510. The van der Waals surface area contributed by atoms with Crippen LogP contribution in [0.15, 0.2) is 29.2 Å². The normalized spacial score (nSPS) is 12.8. The summed E-state index contributed by atoms with van der Waals surface area (Å²) in [6, 6.07) is 8.09. The van der Waals surface area contributed by atoms with Crippen LogP contribution in [-0.4, -0.2) is 5.26 Å². The average Bonchev–Trinajstić information content (AvgIpc) is 2.20. The van der Waals surface area contributed by atoms with Gasteiger partial charge in [-0.15, -0.1) is 0 Å². The van der Waals surface area contributed by atoms with Crippen molar-refractivity contribution in [2.45, 2.75) is 37.5 Å². The third kappa shape index (κ3) is 3.33. The van der Waals surface area contributed by atoms with Crippen molar-refractivity contribution in [3.05, 3.63) is 29.8 Å². The highest BCUT2D eigenvalue weighted by Gasteiger charge is 2.03. The van der Waals surface area contributed by atoms with Gasteiger partial charge in [0.05, 0.1) is 12.0 Å². The number of benzene rings is 1. The summed E-state index contributed by atoms with van der Waals surface area (Å²) in [5.74, 6) is 0.606. The molecule has 0 fully saturated rings. The van der Waals surface area contributed by atoms with Crippen molar-refractivity contribution >= 4 is 12.0 Å². The molecule has 2 nitrogen and oxygen atoms in total. The molecule has 3 heteroatoms. The van der Waals surface area contributed by atoms with Crippen molar-refractivity contribution in [3.63, 3.8) is 0 Å². The summed E-state index contributed by atoms with van der Waals surface area (Å²) in [6.07, 6.45) is 2.42. The highest BCUT2D eigenvalue weighted by Crippen LogP contribution is 2.24. The lowest BCUT2D eigenvalue weighted by Crippen LogP contribution is -1.92. The second kappa shape index (κ2) is 6.06. The van der Waals surface area contributed by atoms with Crippen molar-refractivity contribution in [3.8, 4) is 0 Å². The lowest BCUT2D eigenvalue weighted by molar-refractivity contribution is -0.116. The molecular formula is C11H16O2S. The minimum absolute atomic E-state index is 0.606. The van der Waals surface area contributed by atoms with E-state index in [9.17, 15) is 0 Å². The molecule has 0 spiro atoms. The van der Waals surface area contributed by atoms with E-state index in [0.717, 1.165) is 16.9 Å². The fourth-order valence-corrected chi connectivity index (χ4v) is 1.83. The molecule has 1 atom stereocenters. The molecule has 0 amide bonds. The van der Waals surface area contributed by atoms with Crippen molar-refractivity contribution in [2.75, 3.05) is 0 Å². The van der Waals surface area contributed by atoms with Gasteiger partial charge in [-0.25, -0.2) is 5.26 Å². The molecule has 0 aliphatic rings. The quantitative estimate of drug-likeness (QED) is 0.453. The van der Waals surface area contributed by atoms with Crippen LogP contribution in [0.4, 0.5) is 0 Å². The molecule has 0 bridgehead atoms. The monoisotopic (exact) mass is 212 g/mol. The Morgan fingerprint density at radius 3 is 2.50 bits per heavy atom. The first-order valence-corrected chi connectivity index (χ1v) is 5.60. The number of hydrogen-bond acceptors (Lipinski definition) is 3. The van der Waals surface area contributed by atoms with Gasteiger partial charge in [0.25, 0.3) is 0 Å². The van der Waals surface area contributed by atoms with Gasteiger partial charge in [0, 0.05) is 4.90 Å². The lowest BCUT2D eigenvalue weighted by atomic mass is 9.97. The van der Waals surface area contributed by atoms with E-state index in [1.54, 1.807) is 0 Å². The summed E-state index contributed by atoms with van der Waals surface area (Å²) in [5.41, 5.74) is 1.34. The van der Waals surface area contributed by atoms with Crippen LogP contribution in [0, 0.1) is 0 Å². The molecule has 0 aliphatic carbocycles. The molecule has 1 rings (SSSR count).